The van der Waals surface area contributed by atoms with Crippen molar-refractivity contribution in [3.63, 3.8) is 0 Å². The van der Waals surface area contributed by atoms with Crippen LogP contribution < -0.4 is 5.56 Å². The first kappa shape index (κ1) is 15.9. The quantitative estimate of drug-likeness (QED) is 0.460. The van der Waals surface area contributed by atoms with E-state index < -0.39 is 0 Å². The first-order valence-corrected chi connectivity index (χ1v) is 9.22. The highest BCUT2D eigenvalue weighted by molar-refractivity contribution is 6.16. The van der Waals surface area contributed by atoms with Crippen molar-refractivity contribution in [3.05, 3.63) is 93.9 Å². The van der Waals surface area contributed by atoms with Crippen LogP contribution in [0.2, 0.25) is 0 Å². The molecule has 0 aliphatic heterocycles. The smallest absolute Gasteiger partial charge is 0.256 e. The van der Waals surface area contributed by atoms with Crippen LogP contribution in [0, 0.1) is 13.8 Å². The molecule has 2 heterocycles. The number of aromatic amines is 1. The summed E-state index contributed by atoms with van der Waals surface area (Å²) in [5, 5.41) is 4.21. The lowest BCUT2D eigenvalue weighted by Crippen LogP contribution is -2.08. The minimum atomic E-state index is -0.0186. The summed E-state index contributed by atoms with van der Waals surface area (Å²) in [7, 11) is 0. The van der Waals surface area contributed by atoms with Crippen LogP contribution in [0.4, 0.5) is 0 Å². The standard InChI is InChI=1S/C24H20N2O/c1-15-18-12-13-25-24(27)22(18)16(2)21-19-10-6-7-11-20(19)26(23(15)21)14-17-8-4-3-5-9-17/h3-13H,14H2,1-2H3,(H,25,27). The van der Waals surface area contributed by atoms with Crippen LogP contribution in [0.1, 0.15) is 16.7 Å². The summed E-state index contributed by atoms with van der Waals surface area (Å²) in [6.45, 7) is 5.00. The molecule has 0 saturated heterocycles. The maximum Gasteiger partial charge on any atom is 0.256 e. The summed E-state index contributed by atoms with van der Waals surface area (Å²) in [5.74, 6) is 0. The molecule has 0 unspecified atom stereocenters. The monoisotopic (exact) mass is 352 g/mol. The van der Waals surface area contributed by atoms with Crippen molar-refractivity contribution >= 4 is 32.6 Å². The molecule has 2 aromatic heterocycles. The van der Waals surface area contributed by atoms with E-state index in [1.165, 1.54) is 27.4 Å². The third-order valence-electron chi connectivity index (χ3n) is 5.62. The molecule has 132 valence electrons. The molecule has 3 heteroatoms. The van der Waals surface area contributed by atoms with E-state index in [1.54, 1.807) is 6.20 Å². The number of nitrogens with one attached hydrogen (secondary N) is 1. The van der Waals surface area contributed by atoms with E-state index in [4.69, 9.17) is 0 Å². The average Bonchev–Trinajstić information content (AvgIpc) is 3.02. The second kappa shape index (κ2) is 5.85. The van der Waals surface area contributed by atoms with E-state index in [2.05, 4.69) is 71.9 Å². The number of hydrogen-bond donors (Lipinski definition) is 1. The molecule has 0 bridgehead atoms. The fourth-order valence-corrected chi connectivity index (χ4v) is 4.42. The van der Waals surface area contributed by atoms with E-state index in [0.717, 1.165) is 28.4 Å². The Morgan fingerprint density at radius 3 is 2.37 bits per heavy atom. The number of benzene rings is 3. The molecule has 3 aromatic carbocycles. The van der Waals surface area contributed by atoms with Crippen molar-refractivity contribution in [2.24, 2.45) is 0 Å². The van der Waals surface area contributed by atoms with Crippen LogP contribution in [0.5, 0.6) is 0 Å². The predicted octanol–water partition coefficient (Wildman–Crippen LogP) is 5.30. The zero-order valence-electron chi connectivity index (χ0n) is 15.4. The molecule has 0 radical (unpaired) electrons. The molecular weight excluding hydrogens is 332 g/mol. The van der Waals surface area contributed by atoms with Crippen molar-refractivity contribution in [3.8, 4) is 0 Å². The molecule has 0 spiro atoms. The Morgan fingerprint density at radius 1 is 0.815 bits per heavy atom. The zero-order valence-corrected chi connectivity index (χ0v) is 15.4. The normalized spacial score (nSPS) is 11.6. The Balaban J connectivity index is 2.00. The van der Waals surface area contributed by atoms with Gasteiger partial charge in [-0.3, -0.25) is 4.79 Å². The number of para-hydroxylation sites is 1. The van der Waals surface area contributed by atoms with Gasteiger partial charge < -0.3 is 9.55 Å². The number of fused-ring (bicyclic) bond motifs is 4. The average molecular weight is 352 g/mol. The molecule has 0 aliphatic rings. The minimum Gasteiger partial charge on any atom is -0.336 e. The van der Waals surface area contributed by atoms with E-state index in [0.29, 0.717) is 0 Å². The number of pyridine rings is 1. The lowest BCUT2D eigenvalue weighted by Gasteiger charge is -2.13. The zero-order chi connectivity index (χ0) is 18.5. The summed E-state index contributed by atoms with van der Waals surface area (Å²) < 4.78 is 2.39. The molecular formula is C24H20N2O. The Labute approximate surface area is 156 Å². The highest BCUT2D eigenvalue weighted by Gasteiger charge is 2.19. The van der Waals surface area contributed by atoms with Crippen LogP contribution in [-0.4, -0.2) is 9.55 Å². The van der Waals surface area contributed by atoms with Gasteiger partial charge in [-0.25, -0.2) is 0 Å². The van der Waals surface area contributed by atoms with Gasteiger partial charge in [0, 0.05) is 29.0 Å². The number of aryl methyl sites for hydroxylation is 2. The van der Waals surface area contributed by atoms with Crippen LogP contribution in [0.3, 0.4) is 0 Å². The maximum atomic E-state index is 12.6. The lowest BCUT2D eigenvalue weighted by atomic mass is 9.97. The molecule has 0 fully saturated rings. The van der Waals surface area contributed by atoms with Crippen LogP contribution in [-0.2, 0) is 6.54 Å². The summed E-state index contributed by atoms with van der Waals surface area (Å²) in [5.41, 5.74) is 5.88. The molecule has 5 rings (SSSR count). The van der Waals surface area contributed by atoms with Gasteiger partial charge in [-0.15, -0.1) is 0 Å². The summed E-state index contributed by atoms with van der Waals surface area (Å²) in [6.07, 6.45) is 1.74. The second-order valence-electron chi connectivity index (χ2n) is 7.16. The Hall–Kier alpha value is -3.33. The first-order valence-electron chi connectivity index (χ1n) is 9.22. The van der Waals surface area contributed by atoms with Gasteiger partial charge in [-0.2, -0.15) is 0 Å². The molecule has 0 aliphatic carbocycles. The third kappa shape index (κ3) is 2.25. The number of hydrogen-bond acceptors (Lipinski definition) is 1. The molecule has 5 aromatic rings. The van der Waals surface area contributed by atoms with Crippen LogP contribution >= 0.6 is 0 Å². The largest absolute Gasteiger partial charge is 0.336 e. The SMILES string of the molecule is Cc1c2c(=O)[nH]ccc2c(C)c2c1c1ccccc1n2Cc1ccccc1. The molecule has 3 nitrogen and oxygen atoms in total. The van der Waals surface area contributed by atoms with Crippen molar-refractivity contribution < 1.29 is 0 Å². The molecule has 0 saturated carbocycles. The van der Waals surface area contributed by atoms with Gasteiger partial charge in [0.2, 0.25) is 0 Å². The molecule has 27 heavy (non-hydrogen) atoms. The second-order valence-corrected chi connectivity index (χ2v) is 7.16. The van der Waals surface area contributed by atoms with Crippen LogP contribution in [0.25, 0.3) is 32.6 Å². The van der Waals surface area contributed by atoms with Gasteiger partial charge >= 0.3 is 0 Å². The third-order valence-corrected chi connectivity index (χ3v) is 5.62. The van der Waals surface area contributed by atoms with Crippen LogP contribution in [0.15, 0.2) is 71.7 Å². The lowest BCUT2D eigenvalue weighted by molar-refractivity contribution is 0.867. The summed E-state index contributed by atoms with van der Waals surface area (Å²) in [4.78, 5) is 15.4. The highest BCUT2D eigenvalue weighted by atomic mass is 16.1. The van der Waals surface area contributed by atoms with Gasteiger partial charge in [-0.1, -0.05) is 48.5 Å². The summed E-state index contributed by atoms with van der Waals surface area (Å²) >= 11 is 0. The maximum absolute atomic E-state index is 12.6. The fourth-order valence-electron chi connectivity index (χ4n) is 4.42. The molecule has 1 N–H and O–H groups in total. The van der Waals surface area contributed by atoms with Gasteiger partial charge in [0.15, 0.2) is 0 Å². The van der Waals surface area contributed by atoms with Gasteiger partial charge in [0.25, 0.3) is 5.56 Å². The Kier molecular flexibility index (Phi) is 3.44. The van der Waals surface area contributed by atoms with Gasteiger partial charge in [-0.05, 0) is 48.1 Å². The molecule has 0 amide bonds. The predicted molar refractivity (Wildman–Crippen MR) is 113 cm³/mol. The van der Waals surface area contributed by atoms with E-state index in [9.17, 15) is 4.79 Å². The highest BCUT2D eigenvalue weighted by Crippen LogP contribution is 2.37. The number of rotatable bonds is 2. The first-order chi connectivity index (χ1) is 13.2. The van der Waals surface area contributed by atoms with Crippen molar-refractivity contribution in [2.45, 2.75) is 20.4 Å². The van der Waals surface area contributed by atoms with E-state index in [1.807, 2.05) is 12.1 Å². The fraction of sp³-hybridized carbons (Fsp3) is 0.125. The van der Waals surface area contributed by atoms with E-state index in [-0.39, 0.29) is 5.56 Å². The molecule has 0 atom stereocenters. The van der Waals surface area contributed by atoms with Crippen molar-refractivity contribution in [2.75, 3.05) is 0 Å². The van der Waals surface area contributed by atoms with Gasteiger partial charge in [0.05, 0.1) is 10.9 Å². The van der Waals surface area contributed by atoms with E-state index >= 15 is 0 Å². The number of H-pyrrole nitrogens is 1. The number of nitrogens with zero attached hydrogens (tertiary/aromatic N) is 1. The topological polar surface area (TPSA) is 37.8 Å². The van der Waals surface area contributed by atoms with Crippen molar-refractivity contribution in [1.82, 2.24) is 9.55 Å². The summed E-state index contributed by atoms with van der Waals surface area (Å²) in [6, 6.07) is 21.0. The van der Waals surface area contributed by atoms with Crippen molar-refractivity contribution in [1.29, 1.82) is 0 Å². The minimum absolute atomic E-state index is 0.0186. The Bertz CT molecular complexity index is 1370. The Morgan fingerprint density at radius 2 is 1.56 bits per heavy atom. The van der Waals surface area contributed by atoms with Gasteiger partial charge in [0.1, 0.15) is 0 Å². The number of aromatic nitrogens is 2.